The summed E-state index contributed by atoms with van der Waals surface area (Å²) in [6, 6.07) is 5.96. The van der Waals surface area contributed by atoms with Gasteiger partial charge in [-0.15, -0.1) is 0 Å². The minimum Gasteiger partial charge on any atom is -0.444 e. The zero-order chi connectivity index (χ0) is 14.8. The van der Waals surface area contributed by atoms with Crippen molar-refractivity contribution in [2.24, 2.45) is 0 Å². The minimum atomic E-state index is -0.479. The predicted octanol–water partition coefficient (Wildman–Crippen LogP) is 3.56. The highest BCUT2D eigenvalue weighted by Crippen LogP contribution is 2.30. The second kappa shape index (κ2) is 5.73. The molecule has 1 atom stereocenters. The van der Waals surface area contributed by atoms with E-state index < -0.39 is 5.60 Å². The van der Waals surface area contributed by atoms with Gasteiger partial charge in [-0.3, -0.25) is 0 Å². The largest absolute Gasteiger partial charge is 0.444 e. The van der Waals surface area contributed by atoms with Crippen molar-refractivity contribution in [3.8, 4) is 0 Å². The van der Waals surface area contributed by atoms with E-state index in [4.69, 9.17) is 10.5 Å². The minimum absolute atomic E-state index is 0.00847. The van der Waals surface area contributed by atoms with Crippen LogP contribution in [0.4, 0.5) is 10.5 Å². The number of anilines is 1. The maximum atomic E-state index is 12.0. The Hall–Kier alpha value is -1.71. The van der Waals surface area contributed by atoms with Gasteiger partial charge in [-0.05, 0) is 63.3 Å². The zero-order valence-corrected chi connectivity index (χ0v) is 12.5. The highest BCUT2D eigenvalue weighted by atomic mass is 16.6. The van der Waals surface area contributed by atoms with E-state index in [2.05, 4.69) is 11.4 Å². The molecule has 0 aliphatic heterocycles. The predicted molar refractivity (Wildman–Crippen MR) is 80.5 cm³/mol. The van der Waals surface area contributed by atoms with Crippen LogP contribution in [0.1, 0.15) is 57.2 Å². The number of nitrogens with one attached hydrogen (secondary N) is 1. The van der Waals surface area contributed by atoms with Crippen molar-refractivity contribution < 1.29 is 9.53 Å². The first-order valence-corrected chi connectivity index (χ1v) is 7.23. The van der Waals surface area contributed by atoms with Crippen LogP contribution in [0.3, 0.4) is 0 Å². The fraction of sp³-hybridized carbons (Fsp3) is 0.562. The van der Waals surface area contributed by atoms with Crippen molar-refractivity contribution in [2.45, 2.75) is 58.1 Å². The SMILES string of the molecule is CC(C)(C)OC(=O)NC1CCCCc2ccc(N)cc21. The second-order valence-corrected chi connectivity index (χ2v) is 6.40. The summed E-state index contributed by atoms with van der Waals surface area (Å²) in [6.45, 7) is 5.60. The van der Waals surface area contributed by atoms with Crippen LogP contribution in [0.15, 0.2) is 18.2 Å². The number of alkyl carbamates (subject to hydrolysis) is 1. The molecule has 1 unspecified atom stereocenters. The number of ether oxygens (including phenoxy) is 1. The molecule has 0 bridgehead atoms. The molecule has 3 N–H and O–H groups in total. The molecule has 0 aromatic heterocycles. The molecular weight excluding hydrogens is 252 g/mol. The molecule has 20 heavy (non-hydrogen) atoms. The molecule has 0 saturated heterocycles. The first-order valence-electron chi connectivity index (χ1n) is 7.23. The molecule has 4 nitrogen and oxygen atoms in total. The average molecular weight is 276 g/mol. The van der Waals surface area contributed by atoms with Crippen LogP contribution in [0.25, 0.3) is 0 Å². The summed E-state index contributed by atoms with van der Waals surface area (Å²) in [6.07, 6.45) is 3.84. The van der Waals surface area contributed by atoms with Crippen LogP contribution in [-0.2, 0) is 11.2 Å². The average Bonchev–Trinajstić information content (AvgIpc) is 2.49. The summed E-state index contributed by atoms with van der Waals surface area (Å²) in [4.78, 5) is 12.0. The van der Waals surface area contributed by atoms with E-state index in [9.17, 15) is 4.79 Å². The van der Waals surface area contributed by atoms with Gasteiger partial charge in [-0.1, -0.05) is 12.5 Å². The van der Waals surface area contributed by atoms with E-state index >= 15 is 0 Å². The Bertz CT molecular complexity index is 492. The van der Waals surface area contributed by atoms with Crippen LogP contribution >= 0.6 is 0 Å². The van der Waals surface area contributed by atoms with Gasteiger partial charge in [0.1, 0.15) is 5.60 Å². The summed E-state index contributed by atoms with van der Waals surface area (Å²) in [5.74, 6) is 0. The normalized spacial score (nSPS) is 18.9. The van der Waals surface area contributed by atoms with E-state index in [1.807, 2.05) is 32.9 Å². The Balaban J connectivity index is 2.16. The number of nitrogen functional groups attached to an aromatic ring is 1. The maximum Gasteiger partial charge on any atom is 0.408 e. The zero-order valence-electron chi connectivity index (χ0n) is 12.5. The Kier molecular flexibility index (Phi) is 4.21. The lowest BCUT2D eigenvalue weighted by molar-refractivity contribution is 0.0501. The van der Waals surface area contributed by atoms with Crippen molar-refractivity contribution in [1.82, 2.24) is 5.32 Å². The monoisotopic (exact) mass is 276 g/mol. The lowest BCUT2D eigenvalue weighted by Crippen LogP contribution is -2.35. The lowest BCUT2D eigenvalue weighted by atomic mass is 9.98. The number of rotatable bonds is 1. The van der Waals surface area contributed by atoms with Crippen LogP contribution in [-0.4, -0.2) is 11.7 Å². The molecule has 1 amide bonds. The van der Waals surface area contributed by atoms with Gasteiger partial charge in [-0.2, -0.15) is 0 Å². The maximum absolute atomic E-state index is 12.0. The van der Waals surface area contributed by atoms with Gasteiger partial charge in [0.05, 0.1) is 6.04 Å². The van der Waals surface area contributed by atoms with Crippen LogP contribution < -0.4 is 11.1 Å². The fourth-order valence-electron chi connectivity index (χ4n) is 2.58. The number of amides is 1. The van der Waals surface area contributed by atoms with Crippen LogP contribution in [0, 0.1) is 0 Å². The van der Waals surface area contributed by atoms with Crippen molar-refractivity contribution in [3.05, 3.63) is 29.3 Å². The van der Waals surface area contributed by atoms with Gasteiger partial charge in [0.15, 0.2) is 0 Å². The molecule has 0 saturated carbocycles. The van der Waals surface area contributed by atoms with E-state index in [0.29, 0.717) is 0 Å². The van der Waals surface area contributed by atoms with Gasteiger partial charge < -0.3 is 15.8 Å². The molecule has 0 radical (unpaired) electrons. The number of fused-ring (bicyclic) bond motifs is 1. The van der Waals surface area contributed by atoms with Gasteiger partial charge in [0.25, 0.3) is 0 Å². The number of nitrogens with two attached hydrogens (primary N) is 1. The topological polar surface area (TPSA) is 64.3 Å². The molecule has 1 aromatic carbocycles. The number of aryl methyl sites for hydroxylation is 1. The molecule has 110 valence electrons. The summed E-state index contributed by atoms with van der Waals surface area (Å²) in [7, 11) is 0. The van der Waals surface area contributed by atoms with E-state index in [-0.39, 0.29) is 12.1 Å². The molecule has 0 heterocycles. The number of carbonyl (C=O) groups excluding carboxylic acids is 1. The Morgan fingerprint density at radius 1 is 1.35 bits per heavy atom. The molecule has 2 rings (SSSR count). The van der Waals surface area contributed by atoms with E-state index in [0.717, 1.165) is 36.9 Å². The first-order chi connectivity index (χ1) is 9.35. The number of hydrogen-bond donors (Lipinski definition) is 2. The highest BCUT2D eigenvalue weighted by molar-refractivity contribution is 5.68. The lowest BCUT2D eigenvalue weighted by Gasteiger charge is -2.24. The number of hydrogen-bond acceptors (Lipinski definition) is 3. The fourth-order valence-corrected chi connectivity index (χ4v) is 2.58. The molecule has 0 spiro atoms. The third-order valence-electron chi connectivity index (χ3n) is 3.43. The molecule has 1 aliphatic carbocycles. The van der Waals surface area contributed by atoms with E-state index in [1.165, 1.54) is 5.56 Å². The quantitative estimate of drug-likeness (QED) is 0.609. The van der Waals surface area contributed by atoms with Crippen molar-refractivity contribution >= 4 is 11.8 Å². The van der Waals surface area contributed by atoms with Crippen molar-refractivity contribution in [1.29, 1.82) is 0 Å². The van der Waals surface area contributed by atoms with Gasteiger partial charge in [0, 0.05) is 5.69 Å². The Labute approximate surface area is 120 Å². The van der Waals surface area contributed by atoms with Crippen LogP contribution in [0.5, 0.6) is 0 Å². The summed E-state index contributed by atoms with van der Waals surface area (Å²) >= 11 is 0. The molecule has 4 heteroatoms. The van der Waals surface area contributed by atoms with Gasteiger partial charge >= 0.3 is 6.09 Å². The van der Waals surface area contributed by atoms with Gasteiger partial charge in [-0.25, -0.2) is 4.79 Å². The number of carbonyl (C=O) groups is 1. The first kappa shape index (κ1) is 14.7. The summed E-state index contributed by atoms with van der Waals surface area (Å²) < 4.78 is 5.35. The Morgan fingerprint density at radius 2 is 2.10 bits per heavy atom. The molecule has 1 aliphatic rings. The second-order valence-electron chi connectivity index (χ2n) is 6.40. The van der Waals surface area contributed by atoms with E-state index in [1.54, 1.807) is 0 Å². The number of benzene rings is 1. The van der Waals surface area contributed by atoms with Crippen LogP contribution in [0.2, 0.25) is 0 Å². The summed E-state index contributed by atoms with van der Waals surface area (Å²) in [5.41, 5.74) is 8.55. The highest BCUT2D eigenvalue weighted by Gasteiger charge is 2.23. The summed E-state index contributed by atoms with van der Waals surface area (Å²) in [5, 5.41) is 2.98. The van der Waals surface area contributed by atoms with Gasteiger partial charge in [0.2, 0.25) is 0 Å². The molecular formula is C16H24N2O2. The van der Waals surface area contributed by atoms with Crippen molar-refractivity contribution in [3.63, 3.8) is 0 Å². The molecule has 1 aromatic rings. The third kappa shape index (κ3) is 3.89. The van der Waals surface area contributed by atoms with Crippen molar-refractivity contribution in [2.75, 3.05) is 5.73 Å². The molecule has 0 fully saturated rings. The Morgan fingerprint density at radius 3 is 2.80 bits per heavy atom. The standard InChI is InChI=1S/C16H24N2O2/c1-16(2,3)20-15(19)18-14-7-5-4-6-11-8-9-12(17)10-13(11)14/h8-10,14H,4-7,17H2,1-3H3,(H,18,19). The smallest absolute Gasteiger partial charge is 0.408 e. The third-order valence-corrected chi connectivity index (χ3v) is 3.43.